The van der Waals surface area contributed by atoms with Gasteiger partial charge in [0.05, 0.1) is 25.2 Å². The summed E-state index contributed by atoms with van der Waals surface area (Å²) in [6, 6.07) is 7.19. The first-order valence-electron chi connectivity index (χ1n) is 8.19. The van der Waals surface area contributed by atoms with E-state index in [1.165, 1.54) is 0 Å². The quantitative estimate of drug-likeness (QED) is 0.787. The minimum Gasteiger partial charge on any atom is -0.493 e. The Hall–Kier alpha value is -3.09. The van der Waals surface area contributed by atoms with E-state index in [0.29, 0.717) is 23.0 Å². The molecule has 0 aliphatic carbocycles. The first-order chi connectivity index (χ1) is 12.2. The van der Waals surface area contributed by atoms with E-state index in [4.69, 9.17) is 9.15 Å². The molecule has 25 heavy (non-hydrogen) atoms. The number of nitrogens with zero attached hydrogens (tertiary/aromatic N) is 3. The number of carbonyl (C=O) groups excluding carboxylic acids is 1. The number of rotatable bonds is 4. The van der Waals surface area contributed by atoms with E-state index >= 15 is 0 Å². The van der Waals surface area contributed by atoms with Crippen molar-refractivity contribution in [1.29, 1.82) is 0 Å². The summed E-state index contributed by atoms with van der Waals surface area (Å²) in [5.74, 6) is 1.15. The average molecular weight is 338 g/mol. The Morgan fingerprint density at radius 3 is 2.72 bits per heavy atom. The van der Waals surface area contributed by atoms with Crippen molar-refractivity contribution in [3.8, 4) is 5.75 Å². The number of ether oxygens (including phenoxy) is 1. The van der Waals surface area contributed by atoms with Crippen LogP contribution in [0.15, 0.2) is 41.1 Å². The van der Waals surface area contributed by atoms with Gasteiger partial charge in [0.2, 0.25) is 5.95 Å². The van der Waals surface area contributed by atoms with Crippen molar-refractivity contribution in [3.63, 3.8) is 0 Å². The summed E-state index contributed by atoms with van der Waals surface area (Å²) in [7, 11) is 1.57. The number of amides is 1. The Morgan fingerprint density at radius 1 is 1.24 bits per heavy atom. The van der Waals surface area contributed by atoms with Gasteiger partial charge in [-0.1, -0.05) is 12.1 Å². The Bertz CT molecular complexity index is 898. The smallest absolute Gasteiger partial charge is 0.291 e. The molecule has 128 valence electrons. The molecule has 3 heterocycles. The van der Waals surface area contributed by atoms with Gasteiger partial charge in [0.1, 0.15) is 0 Å². The van der Waals surface area contributed by atoms with Crippen molar-refractivity contribution in [3.05, 3.63) is 42.4 Å². The van der Waals surface area contributed by atoms with E-state index in [0.717, 1.165) is 31.3 Å². The van der Waals surface area contributed by atoms with Gasteiger partial charge in [-0.05, 0) is 25.0 Å². The van der Waals surface area contributed by atoms with Crippen LogP contribution in [0, 0.1) is 0 Å². The summed E-state index contributed by atoms with van der Waals surface area (Å²) >= 11 is 0. The van der Waals surface area contributed by atoms with E-state index in [-0.39, 0.29) is 11.7 Å². The summed E-state index contributed by atoms with van der Waals surface area (Å²) in [6.45, 7) is 1.96. The van der Waals surface area contributed by atoms with Crippen LogP contribution in [0.25, 0.3) is 11.0 Å². The molecule has 0 atom stereocenters. The topological polar surface area (TPSA) is 80.5 Å². The third-order valence-electron chi connectivity index (χ3n) is 4.24. The largest absolute Gasteiger partial charge is 0.493 e. The fraction of sp³-hybridized carbons (Fsp3) is 0.278. The maximum Gasteiger partial charge on any atom is 0.291 e. The molecule has 3 aromatic rings. The molecule has 7 heteroatoms. The fourth-order valence-electron chi connectivity index (χ4n) is 2.97. The molecule has 1 saturated heterocycles. The number of furan rings is 1. The van der Waals surface area contributed by atoms with Gasteiger partial charge in [0.25, 0.3) is 5.91 Å². The zero-order chi connectivity index (χ0) is 17.2. The van der Waals surface area contributed by atoms with Gasteiger partial charge in [-0.15, -0.1) is 0 Å². The van der Waals surface area contributed by atoms with E-state index in [2.05, 4.69) is 20.2 Å². The number of benzene rings is 1. The highest BCUT2D eigenvalue weighted by Crippen LogP contribution is 2.28. The van der Waals surface area contributed by atoms with Gasteiger partial charge in [-0.2, -0.15) is 0 Å². The van der Waals surface area contributed by atoms with Crippen LogP contribution in [0.4, 0.5) is 11.6 Å². The average Bonchev–Trinajstić information content (AvgIpc) is 3.31. The number of hydrogen-bond donors (Lipinski definition) is 1. The van der Waals surface area contributed by atoms with Crippen LogP contribution in [-0.4, -0.2) is 36.1 Å². The summed E-state index contributed by atoms with van der Waals surface area (Å²) in [6.07, 6.45) is 5.55. The van der Waals surface area contributed by atoms with Gasteiger partial charge in [-0.25, -0.2) is 9.97 Å². The van der Waals surface area contributed by atoms with Crippen molar-refractivity contribution < 1.29 is 13.9 Å². The maximum atomic E-state index is 12.4. The van der Waals surface area contributed by atoms with E-state index in [1.807, 2.05) is 12.1 Å². The maximum absolute atomic E-state index is 12.4. The van der Waals surface area contributed by atoms with E-state index < -0.39 is 0 Å². The molecule has 0 bridgehead atoms. The van der Waals surface area contributed by atoms with Crippen LogP contribution in [0.5, 0.6) is 5.75 Å². The Kier molecular flexibility index (Phi) is 3.97. The number of methoxy groups -OCH3 is 1. The predicted molar refractivity (Wildman–Crippen MR) is 94.2 cm³/mol. The summed E-state index contributed by atoms with van der Waals surface area (Å²) < 4.78 is 10.9. The lowest BCUT2D eigenvalue weighted by Gasteiger charge is -2.14. The molecule has 0 saturated carbocycles. The van der Waals surface area contributed by atoms with Crippen LogP contribution >= 0.6 is 0 Å². The highest BCUT2D eigenvalue weighted by molar-refractivity contribution is 6.05. The Morgan fingerprint density at radius 2 is 2.00 bits per heavy atom. The standard InChI is InChI=1S/C18H18N4O3/c1-24-14-6-4-5-12-9-15(25-16(12)14)17(23)21-13-10-19-18(20-11-13)22-7-2-3-8-22/h4-6,9-11H,2-3,7-8H2,1H3,(H,21,23). The molecule has 1 amide bonds. The number of fused-ring (bicyclic) bond motifs is 1. The molecular formula is C18H18N4O3. The summed E-state index contributed by atoms with van der Waals surface area (Å²) in [5.41, 5.74) is 1.08. The van der Waals surface area contributed by atoms with Crippen LogP contribution < -0.4 is 15.0 Å². The van der Waals surface area contributed by atoms with Crippen LogP contribution in [-0.2, 0) is 0 Å². The lowest BCUT2D eigenvalue weighted by atomic mass is 10.2. The zero-order valence-corrected chi connectivity index (χ0v) is 13.9. The van der Waals surface area contributed by atoms with E-state index in [9.17, 15) is 4.79 Å². The number of aromatic nitrogens is 2. The van der Waals surface area contributed by atoms with Gasteiger partial charge < -0.3 is 19.4 Å². The van der Waals surface area contributed by atoms with Crippen LogP contribution in [0.1, 0.15) is 23.4 Å². The minimum atomic E-state index is -0.351. The lowest BCUT2D eigenvalue weighted by molar-refractivity contribution is 0.0998. The Labute approximate surface area is 144 Å². The predicted octanol–water partition coefficient (Wildman–Crippen LogP) is 3.08. The van der Waals surface area contributed by atoms with Crippen molar-refractivity contribution in [2.45, 2.75) is 12.8 Å². The summed E-state index contributed by atoms with van der Waals surface area (Å²) in [5, 5.41) is 3.57. The molecule has 1 aromatic carbocycles. The highest BCUT2D eigenvalue weighted by atomic mass is 16.5. The molecule has 1 aliphatic rings. The number of anilines is 2. The zero-order valence-electron chi connectivity index (χ0n) is 13.9. The third-order valence-corrected chi connectivity index (χ3v) is 4.24. The van der Waals surface area contributed by atoms with Gasteiger partial charge in [0, 0.05) is 18.5 Å². The molecule has 0 spiro atoms. The SMILES string of the molecule is COc1cccc2cc(C(=O)Nc3cnc(N4CCCC4)nc3)oc12. The first-order valence-corrected chi connectivity index (χ1v) is 8.19. The molecular weight excluding hydrogens is 320 g/mol. The molecule has 2 aromatic heterocycles. The number of para-hydroxylation sites is 1. The Balaban J connectivity index is 1.51. The van der Waals surface area contributed by atoms with Gasteiger partial charge in [-0.3, -0.25) is 4.79 Å². The molecule has 1 fully saturated rings. The molecule has 1 N–H and O–H groups in total. The normalized spacial score (nSPS) is 14.0. The molecule has 1 aliphatic heterocycles. The second kappa shape index (κ2) is 6.43. The number of hydrogen-bond acceptors (Lipinski definition) is 6. The second-order valence-electron chi connectivity index (χ2n) is 5.91. The third kappa shape index (κ3) is 3.00. The molecule has 0 unspecified atom stereocenters. The summed E-state index contributed by atoms with van der Waals surface area (Å²) in [4.78, 5) is 23.2. The van der Waals surface area contributed by atoms with Gasteiger partial charge in [0.15, 0.2) is 17.1 Å². The highest BCUT2D eigenvalue weighted by Gasteiger charge is 2.17. The lowest BCUT2D eigenvalue weighted by Crippen LogP contribution is -2.20. The number of nitrogens with one attached hydrogen (secondary N) is 1. The van der Waals surface area contributed by atoms with Crippen molar-refractivity contribution in [1.82, 2.24) is 9.97 Å². The monoisotopic (exact) mass is 338 g/mol. The van der Waals surface area contributed by atoms with Crippen LogP contribution in [0.3, 0.4) is 0 Å². The van der Waals surface area contributed by atoms with Crippen LogP contribution in [0.2, 0.25) is 0 Å². The molecule has 7 nitrogen and oxygen atoms in total. The molecule has 4 rings (SSSR count). The molecule has 0 radical (unpaired) electrons. The first kappa shape index (κ1) is 15.4. The van der Waals surface area contributed by atoms with Crippen molar-refractivity contribution in [2.24, 2.45) is 0 Å². The van der Waals surface area contributed by atoms with Gasteiger partial charge >= 0.3 is 0 Å². The minimum absolute atomic E-state index is 0.211. The van der Waals surface area contributed by atoms with E-state index in [1.54, 1.807) is 31.6 Å². The number of carbonyl (C=O) groups is 1. The fourth-order valence-corrected chi connectivity index (χ4v) is 2.97. The van der Waals surface area contributed by atoms with Crippen molar-refractivity contribution in [2.75, 3.05) is 30.4 Å². The van der Waals surface area contributed by atoms with Crippen molar-refractivity contribution >= 4 is 28.5 Å². The second-order valence-corrected chi connectivity index (χ2v) is 5.91.